The number of nitrogen functional groups attached to an aromatic ring is 2. The van der Waals surface area contributed by atoms with Crippen LogP contribution < -0.4 is 11.5 Å². The molecule has 0 radical (unpaired) electrons. The first-order valence-corrected chi connectivity index (χ1v) is 5.49. The van der Waals surface area contributed by atoms with Gasteiger partial charge < -0.3 is 11.5 Å². The number of nitrogens with two attached hydrogens (primary N) is 2. The third-order valence-corrected chi connectivity index (χ3v) is 2.71. The number of anilines is 2. The molecule has 0 aliphatic heterocycles. The zero-order valence-electron chi connectivity index (χ0n) is 10.0. The molecule has 0 saturated carbocycles. The van der Waals surface area contributed by atoms with Crippen molar-refractivity contribution in [3.63, 3.8) is 0 Å². The van der Waals surface area contributed by atoms with Crippen LogP contribution in [0.15, 0.2) is 30.5 Å². The molecule has 1 unspecified atom stereocenters. The van der Waals surface area contributed by atoms with Gasteiger partial charge in [-0.3, -0.25) is 0 Å². The van der Waals surface area contributed by atoms with Gasteiger partial charge in [0.25, 0.3) is 0 Å². The van der Waals surface area contributed by atoms with Gasteiger partial charge in [0.15, 0.2) is 0 Å². The minimum absolute atomic E-state index is 0.154. The molecule has 8 heteroatoms. The summed E-state index contributed by atoms with van der Waals surface area (Å²) < 4.78 is 52.5. The highest BCUT2D eigenvalue weighted by Crippen LogP contribution is 2.41. The van der Waals surface area contributed by atoms with Crippen LogP contribution in [0.2, 0.25) is 0 Å². The predicted octanol–water partition coefficient (Wildman–Crippen LogP) is 2.47. The lowest BCUT2D eigenvalue weighted by molar-refractivity contribution is -0.141. The summed E-state index contributed by atoms with van der Waals surface area (Å²) in [5, 5.41) is 0. The van der Waals surface area contributed by atoms with Crippen LogP contribution in [0.1, 0.15) is 17.0 Å². The van der Waals surface area contributed by atoms with E-state index in [0.717, 1.165) is 30.5 Å². The van der Waals surface area contributed by atoms with Crippen LogP contribution in [-0.4, -0.2) is 16.1 Å². The predicted molar refractivity (Wildman–Crippen MR) is 65.2 cm³/mol. The highest BCUT2D eigenvalue weighted by molar-refractivity contribution is 5.48. The SMILES string of the molecule is Nc1ncc(C(c2ccc(F)cc2)C(F)(F)F)c(N)n1. The van der Waals surface area contributed by atoms with E-state index in [4.69, 9.17) is 11.5 Å². The van der Waals surface area contributed by atoms with Crippen molar-refractivity contribution in [1.82, 2.24) is 9.97 Å². The van der Waals surface area contributed by atoms with E-state index < -0.39 is 17.9 Å². The molecular formula is C12H10F4N4. The van der Waals surface area contributed by atoms with Crippen molar-refractivity contribution in [1.29, 1.82) is 0 Å². The van der Waals surface area contributed by atoms with E-state index in [2.05, 4.69) is 9.97 Å². The maximum atomic E-state index is 13.2. The molecule has 4 nitrogen and oxygen atoms in total. The Labute approximate surface area is 111 Å². The van der Waals surface area contributed by atoms with E-state index in [9.17, 15) is 17.6 Å². The number of benzene rings is 1. The van der Waals surface area contributed by atoms with Crippen LogP contribution in [0, 0.1) is 5.82 Å². The Morgan fingerprint density at radius 1 is 1.05 bits per heavy atom. The second-order valence-corrected chi connectivity index (χ2v) is 4.09. The van der Waals surface area contributed by atoms with Gasteiger partial charge in [0, 0.05) is 11.8 Å². The zero-order chi connectivity index (χ0) is 14.9. The molecule has 0 aliphatic rings. The normalized spacial score (nSPS) is 13.2. The molecule has 0 saturated heterocycles. The molecule has 0 bridgehead atoms. The largest absolute Gasteiger partial charge is 0.399 e. The minimum Gasteiger partial charge on any atom is -0.383 e. The zero-order valence-corrected chi connectivity index (χ0v) is 10.0. The number of halogens is 4. The first-order valence-electron chi connectivity index (χ1n) is 5.49. The third-order valence-electron chi connectivity index (χ3n) is 2.71. The van der Waals surface area contributed by atoms with Crippen molar-refractivity contribution in [2.75, 3.05) is 11.5 Å². The second kappa shape index (κ2) is 4.95. The van der Waals surface area contributed by atoms with E-state index in [-0.39, 0.29) is 22.9 Å². The van der Waals surface area contributed by atoms with Crippen LogP contribution in [-0.2, 0) is 0 Å². The van der Waals surface area contributed by atoms with E-state index in [1.807, 2.05) is 0 Å². The Balaban J connectivity index is 2.56. The minimum atomic E-state index is -4.62. The highest BCUT2D eigenvalue weighted by Gasteiger charge is 2.43. The molecule has 1 heterocycles. The number of nitrogens with zero attached hydrogens (tertiary/aromatic N) is 2. The lowest BCUT2D eigenvalue weighted by Crippen LogP contribution is -2.24. The van der Waals surface area contributed by atoms with Gasteiger partial charge in [0.2, 0.25) is 5.95 Å². The van der Waals surface area contributed by atoms with Gasteiger partial charge in [0.1, 0.15) is 17.6 Å². The van der Waals surface area contributed by atoms with Crippen molar-refractivity contribution in [2.24, 2.45) is 0 Å². The Kier molecular flexibility index (Phi) is 3.47. The van der Waals surface area contributed by atoms with Gasteiger partial charge in [-0.25, -0.2) is 9.37 Å². The Morgan fingerprint density at radius 2 is 1.65 bits per heavy atom. The van der Waals surface area contributed by atoms with Crippen LogP contribution in [0.5, 0.6) is 0 Å². The molecule has 1 aromatic heterocycles. The average molecular weight is 286 g/mol. The van der Waals surface area contributed by atoms with Crippen molar-refractivity contribution in [2.45, 2.75) is 12.1 Å². The van der Waals surface area contributed by atoms with Crippen LogP contribution >= 0.6 is 0 Å². The van der Waals surface area contributed by atoms with E-state index in [1.54, 1.807) is 0 Å². The second-order valence-electron chi connectivity index (χ2n) is 4.09. The van der Waals surface area contributed by atoms with E-state index >= 15 is 0 Å². The monoisotopic (exact) mass is 286 g/mol. The van der Waals surface area contributed by atoms with E-state index in [1.165, 1.54) is 0 Å². The number of alkyl halides is 3. The first-order chi connectivity index (χ1) is 9.29. The van der Waals surface area contributed by atoms with Gasteiger partial charge in [-0.1, -0.05) is 12.1 Å². The number of hydrogen-bond acceptors (Lipinski definition) is 4. The third kappa shape index (κ3) is 2.79. The fraction of sp³-hybridized carbons (Fsp3) is 0.167. The number of aromatic nitrogens is 2. The van der Waals surface area contributed by atoms with Crippen LogP contribution in [0.3, 0.4) is 0 Å². The molecule has 106 valence electrons. The topological polar surface area (TPSA) is 77.8 Å². The number of rotatable bonds is 2. The molecular weight excluding hydrogens is 276 g/mol. The smallest absolute Gasteiger partial charge is 0.383 e. The molecule has 2 aromatic rings. The molecule has 0 fully saturated rings. The van der Waals surface area contributed by atoms with E-state index in [0.29, 0.717) is 0 Å². The lowest BCUT2D eigenvalue weighted by Gasteiger charge is -2.21. The Bertz CT molecular complexity index is 610. The van der Waals surface area contributed by atoms with Crippen LogP contribution in [0.25, 0.3) is 0 Å². The summed E-state index contributed by atoms with van der Waals surface area (Å²) in [6.45, 7) is 0. The average Bonchev–Trinajstić information content (AvgIpc) is 2.33. The summed E-state index contributed by atoms with van der Waals surface area (Å²) in [6.07, 6.45) is -3.69. The summed E-state index contributed by atoms with van der Waals surface area (Å²) in [5.74, 6) is -3.24. The first kappa shape index (κ1) is 14.0. The van der Waals surface area contributed by atoms with Crippen molar-refractivity contribution >= 4 is 11.8 Å². The van der Waals surface area contributed by atoms with Gasteiger partial charge in [-0.2, -0.15) is 18.2 Å². The highest BCUT2D eigenvalue weighted by atomic mass is 19.4. The molecule has 0 amide bonds. The molecule has 4 N–H and O–H groups in total. The number of hydrogen-bond donors (Lipinski definition) is 2. The maximum absolute atomic E-state index is 13.2. The summed E-state index contributed by atoms with van der Waals surface area (Å²) in [6, 6.07) is 3.98. The Morgan fingerprint density at radius 3 is 2.15 bits per heavy atom. The van der Waals surface area contributed by atoms with Gasteiger partial charge >= 0.3 is 6.18 Å². The molecule has 1 atom stereocenters. The fourth-order valence-electron chi connectivity index (χ4n) is 1.84. The lowest BCUT2D eigenvalue weighted by atomic mass is 9.92. The molecule has 20 heavy (non-hydrogen) atoms. The fourth-order valence-corrected chi connectivity index (χ4v) is 1.84. The van der Waals surface area contributed by atoms with Gasteiger partial charge in [0.05, 0.1) is 0 Å². The summed E-state index contributed by atoms with van der Waals surface area (Å²) >= 11 is 0. The summed E-state index contributed by atoms with van der Waals surface area (Å²) in [4.78, 5) is 7.05. The van der Waals surface area contributed by atoms with Crippen molar-refractivity contribution in [3.8, 4) is 0 Å². The Hall–Kier alpha value is -2.38. The quantitative estimate of drug-likeness (QED) is 0.831. The molecule has 1 aromatic carbocycles. The molecule has 2 rings (SSSR count). The molecule has 0 aliphatic carbocycles. The maximum Gasteiger partial charge on any atom is 0.399 e. The molecule has 0 spiro atoms. The van der Waals surface area contributed by atoms with Crippen LogP contribution in [0.4, 0.5) is 29.3 Å². The van der Waals surface area contributed by atoms with Gasteiger partial charge in [-0.15, -0.1) is 0 Å². The summed E-state index contributed by atoms with van der Waals surface area (Å²) in [7, 11) is 0. The summed E-state index contributed by atoms with van der Waals surface area (Å²) in [5.41, 5.74) is 10.3. The van der Waals surface area contributed by atoms with Crippen molar-refractivity contribution < 1.29 is 17.6 Å². The standard InChI is InChI=1S/C12H10F4N4/c13-7-3-1-6(2-4-7)9(12(14,15)16)8-5-19-11(18)20-10(8)17/h1-5,9H,(H4,17,18,19,20). The van der Waals surface area contributed by atoms with Gasteiger partial charge in [-0.05, 0) is 17.7 Å². The van der Waals surface area contributed by atoms with Crippen molar-refractivity contribution in [3.05, 3.63) is 47.4 Å².